The van der Waals surface area contributed by atoms with Gasteiger partial charge in [0.1, 0.15) is 12.6 Å². The minimum atomic E-state index is 0.305. The first-order valence-corrected chi connectivity index (χ1v) is 6.05. The van der Waals surface area contributed by atoms with Crippen LogP contribution in [0.3, 0.4) is 0 Å². The van der Waals surface area contributed by atoms with Crippen LogP contribution >= 0.6 is 0 Å². The van der Waals surface area contributed by atoms with E-state index in [1.165, 1.54) is 0 Å². The maximum atomic E-state index is 11.0. The Balaban J connectivity index is 1.53. The van der Waals surface area contributed by atoms with Crippen molar-refractivity contribution < 1.29 is 14.3 Å². The average molecular weight is 234 g/mol. The maximum Gasteiger partial charge on any atom is 0.147 e. The predicted octanol–water partition coefficient (Wildman–Crippen LogP) is 2.55. The van der Waals surface area contributed by atoms with Gasteiger partial charge in [0.2, 0.25) is 0 Å². The number of hydrogen-bond acceptors (Lipinski definition) is 3. The molecule has 1 saturated carbocycles. The molecular weight excluding hydrogens is 216 g/mol. The van der Waals surface area contributed by atoms with Crippen molar-refractivity contribution >= 4 is 5.78 Å². The third kappa shape index (κ3) is 4.29. The third-order valence-corrected chi connectivity index (χ3v) is 2.98. The highest BCUT2D eigenvalue weighted by Gasteiger charge is 2.21. The summed E-state index contributed by atoms with van der Waals surface area (Å²) in [6.07, 6.45) is 2.37. The van der Waals surface area contributed by atoms with Crippen molar-refractivity contribution in [3.05, 3.63) is 35.9 Å². The molecule has 17 heavy (non-hydrogen) atoms. The van der Waals surface area contributed by atoms with Gasteiger partial charge in [-0.3, -0.25) is 4.79 Å². The number of Topliss-reactive ketones (excluding diaryl/α,β-unsaturated/α-hetero) is 1. The molecule has 0 N–H and O–H groups in total. The van der Waals surface area contributed by atoms with Gasteiger partial charge in [0.05, 0.1) is 13.2 Å². The molecule has 92 valence electrons. The number of hydrogen-bond donors (Lipinski definition) is 0. The van der Waals surface area contributed by atoms with Gasteiger partial charge in [-0.15, -0.1) is 0 Å². The molecule has 0 aromatic heterocycles. The number of ketones is 1. The molecule has 1 atom stereocenters. The van der Waals surface area contributed by atoms with Crippen LogP contribution in [-0.4, -0.2) is 19.2 Å². The molecule has 0 spiro atoms. The first-order valence-electron chi connectivity index (χ1n) is 6.05. The number of benzene rings is 1. The Labute approximate surface area is 102 Å². The van der Waals surface area contributed by atoms with E-state index in [9.17, 15) is 4.79 Å². The zero-order chi connectivity index (χ0) is 11.9. The smallest absolute Gasteiger partial charge is 0.147 e. The summed E-state index contributed by atoms with van der Waals surface area (Å²) in [5, 5.41) is 0. The zero-order valence-electron chi connectivity index (χ0n) is 9.93. The Morgan fingerprint density at radius 3 is 2.71 bits per heavy atom. The van der Waals surface area contributed by atoms with Crippen molar-refractivity contribution in [3.8, 4) is 0 Å². The molecule has 0 aliphatic heterocycles. The number of carbonyl (C=O) groups excluding carboxylic acids is 1. The molecule has 3 nitrogen and oxygen atoms in total. The summed E-state index contributed by atoms with van der Waals surface area (Å²) < 4.78 is 10.8. The monoisotopic (exact) mass is 234 g/mol. The van der Waals surface area contributed by atoms with Crippen molar-refractivity contribution in [1.82, 2.24) is 0 Å². The molecule has 1 aliphatic carbocycles. The van der Waals surface area contributed by atoms with Gasteiger partial charge < -0.3 is 9.47 Å². The van der Waals surface area contributed by atoms with Crippen molar-refractivity contribution in [2.45, 2.75) is 25.9 Å². The van der Waals surface area contributed by atoms with Crippen LogP contribution in [0.4, 0.5) is 0 Å². The fourth-order valence-corrected chi connectivity index (χ4v) is 2.04. The highest BCUT2D eigenvalue weighted by Crippen LogP contribution is 2.21. The topological polar surface area (TPSA) is 35.5 Å². The summed E-state index contributed by atoms with van der Waals surface area (Å²) >= 11 is 0. The van der Waals surface area contributed by atoms with E-state index in [0.29, 0.717) is 38.1 Å². The van der Waals surface area contributed by atoms with Crippen LogP contribution in [-0.2, 0) is 20.9 Å². The lowest BCUT2D eigenvalue weighted by Gasteiger charge is -2.09. The van der Waals surface area contributed by atoms with Crippen molar-refractivity contribution in [2.75, 3.05) is 13.4 Å². The minimum absolute atomic E-state index is 0.305. The van der Waals surface area contributed by atoms with E-state index in [0.717, 1.165) is 18.4 Å². The van der Waals surface area contributed by atoms with Crippen LogP contribution in [0.5, 0.6) is 0 Å². The quantitative estimate of drug-likeness (QED) is 0.560. The van der Waals surface area contributed by atoms with Gasteiger partial charge in [0.25, 0.3) is 0 Å². The summed E-state index contributed by atoms with van der Waals surface area (Å²) in [6, 6.07) is 10.0. The first-order chi connectivity index (χ1) is 8.34. The van der Waals surface area contributed by atoms with E-state index in [1.807, 2.05) is 30.3 Å². The largest absolute Gasteiger partial charge is 0.355 e. The fourth-order valence-electron chi connectivity index (χ4n) is 2.04. The van der Waals surface area contributed by atoms with Crippen LogP contribution in [0.2, 0.25) is 0 Å². The Kier molecular flexibility index (Phi) is 4.71. The summed E-state index contributed by atoms with van der Waals surface area (Å²) in [6.45, 7) is 1.52. The van der Waals surface area contributed by atoms with E-state index in [2.05, 4.69) is 0 Å². The van der Waals surface area contributed by atoms with E-state index >= 15 is 0 Å². The molecule has 2 rings (SSSR count). The van der Waals surface area contributed by atoms with Crippen LogP contribution in [0.1, 0.15) is 24.8 Å². The lowest BCUT2D eigenvalue weighted by Crippen LogP contribution is -2.09. The number of ether oxygens (including phenoxy) is 2. The van der Waals surface area contributed by atoms with Crippen LogP contribution < -0.4 is 0 Å². The summed E-state index contributed by atoms with van der Waals surface area (Å²) in [5.41, 5.74) is 1.15. The second-order valence-electron chi connectivity index (χ2n) is 4.47. The highest BCUT2D eigenvalue weighted by molar-refractivity contribution is 5.80. The molecule has 0 heterocycles. The molecule has 0 unspecified atom stereocenters. The molecule has 1 aliphatic rings. The zero-order valence-corrected chi connectivity index (χ0v) is 9.93. The lowest BCUT2D eigenvalue weighted by molar-refractivity contribution is -0.118. The van der Waals surface area contributed by atoms with E-state index in [4.69, 9.17) is 9.47 Å². The maximum absolute atomic E-state index is 11.0. The van der Waals surface area contributed by atoms with Gasteiger partial charge in [-0.1, -0.05) is 30.3 Å². The van der Waals surface area contributed by atoms with Crippen molar-refractivity contribution in [3.63, 3.8) is 0 Å². The molecule has 1 aromatic rings. The highest BCUT2D eigenvalue weighted by atomic mass is 16.7. The predicted molar refractivity (Wildman–Crippen MR) is 64.4 cm³/mol. The first kappa shape index (κ1) is 12.3. The Bertz CT molecular complexity index is 348. The fraction of sp³-hybridized carbons (Fsp3) is 0.500. The summed E-state index contributed by atoms with van der Waals surface area (Å²) in [4.78, 5) is 11.0. The molecule has 1 aromatic carbocycles. The molecule has 3 heteroatoms. The van der Waals surface area contributed by atoms with Gasteiger partial charge in [-0.25, -0.2) is 0 Å². The van der Waals surface area contributed by atoms with Gasteiger partial charge in [-0.05, 0) is 17.9 Å². The number of rotatable bonds is 6. The van der Waals surface area contributed by atoms with Gasteiger partial charge >= 0.3 is 0 Å². The standard InChI is InChI=1S/C14H18O3/c15-14-7-6-13(8-14)10-17-11-16-9-12-4-2-1-3-5-12/h1-5,13H,6-11H2/t13-/m1/s1. The molecule has 1 fully saturated rings. The van der Waals surface area contributed by atoms with E-state index in [-0.39, 0.29) is 0 Å². The van der Waals surface area contributed by atoms with Gasteiger partial charge in [0.15, 0.2) is 0 Å². The lowest BCUT2D eigenvalue weighted by atomic mass is 10.1. The summed E-state index contributed by atoms with van der Waals surface area (Å²) in [5.74, 6) is 0.770. The SMILES string of the molecule is O=C1CC[C@@H](COCOCc2ccccc2)C1. The van der Waals surface area contributed by atoms with Gasteiger partial charge in [-0.2, -0.15) is 0 Å². The van der Waals surface area contributed by atoms with Crippen molar-refractivity contribution in [1.29, 1.82) is 0 Å². The molecule has 0 bridgehead atoms. The second-order valence-corrected chi connectivity index (χ2v) is 4.47. The minimum Gasteiger partial charge on any atom is -0.355 e. The second kappa shape index (κ2) is 6.52. The van der Waals surface area contributed by atoms with Crippen LogP contribution in [0, 0.1) is 5.92 Å². The molecular formula is C14H18O3. The third-order valence-electron chi connectivity index (χ3n) is 2.98. The Morgan fingerprint density at radius 1 is 1.18 bits per heavy atom. The van der Waals surface area contributed by atoms with Crippen LogP contribution in [0.25, 0.3) is 0 Å². The molecule has 0 saturated heterocycles. The number of carbonyl (C=O) groups is 1. The van der Waals surface area contributed by atoms with Crippen molar-refractivity contribution in [2.24, 2.45) is 5.92 Å². The van der Waals surface area contributed by atoms with E-state index < -0.39 is 0 Å². The Hall–Kier alpha value is -1.19. The van der Waals surface area contributed by atoms with Crippen LogP contribution in [0.15, 0.2) is 30.3 Å². The normalized spacial score (nSPS) is 19.8. The average Bonchev–Trinajstić information content (AvgIpc) is 2.76. The van der Waals surface area contributed by atoms with E-state index in [1.54, 1.807) is 0 Å². The van der Waals surface area contributed by atoms with Gasteiger partial charge in [0, 0.05) is 12.8 Å². The summed E-state index contributed by atoms with van der Waals surface area (Å²) in [7, 11) is 0. The Morgan fingerprint density at radius 2 is 2.00 bits per heavy atom. The molecule has 0 amide bonds. The molecule has 0 radical (unpaired) electrons.